The van der Waals surface area contributed by atoms with E-state index in [-0.39, 0.29) is 5.91 Å². The lowest BCUT2D eigenvalue weighted by molar-refractivity contribution is 0.102. The Labute approximate surface area is 158 Å². The number of hydrogen-bond acceptors (Lipinski definition) is 5. The molecule has 6 heteroatoms. The molecule has 0 saturated carbocycles. The summed E-state index contributed by atoms with van der Waals surface area (Å²) in [5.74, 6) is 1.18. The van der Waals surface area contributed by atoms with Gasteiger partial charge in [0, 0.05) is 24.3 Å². The zero-order valence-electron chi connectivity index (χ0n) is 15.3. The number of carbonyl (C=O) groups excluding carboxylic acids is 1. The van der Waals surface area contributed by atoms with Crippen molar-refractivity contribution < 1.29 is 9.53 Å². The van der Waals surface area contributed by atoms with E-state index in [1.165, 1.54) is 6.42 Å². The number of aromatic nitrogens is 2. The van der Waals surface area contributed by atoms with Gasteiger partial charge in [-0.3, -0.25) is 4.79 Å². The Morgan fingerprint density at radius 2 is 1.78 bits per heavy atom. The second-order valence-electron chi connectivity index (χ2n) is 6.63. The highest BCUT2D eigenvalue weighted by atomic mass is 16.5. The highest BCUT2D eigenvalue weighted by Crippen LogP contribution is 2.30. The van der Waals surface area contributed by atoms with Crippen LogP contribution in [0.2, 0.25) is 0 Å². The maximum Gasteiger partial charge on any atom is 0.257 e. The van der Waals surface area contributed by atoms with Crippen molar-refractivity contribution in [2.45, 2.75) is 19.3 Å². The van der Waals surface area contributed by atoms with Gasteiger partial charge in [0.2, 0.25) is 0 Å². The van der Waals surface area contributed by atoms with Crippen molar-refractivity contribution in [1.29, 1.82) is 0 Å². The molecule has 0 spiro atoms. The fraction of sp³-hybridized carbons (Fsp3) is 0.286. The van der Waals surface area contributed by atoms with Gasteiger partial charge < -0.3 is 15.0 Å². The summed E-state index contributed by atoms with van der Waals surface area (Å²) < 4.78 is 5.47. The maximum absolute atomic E-state index is 12.4. The molecule has 2 heterocycles. The molecule has 0 bridgehead atoms. The molecule has 1 amide bonds. The van der Waals surface area contributed by atoms with Gasteiger partial charge in [-0.1, -0.05) is 18.2 Å². The number of fused-ring (bicyclic) bond motifs is 1. The first kappa shape index (κ1) is 17.3. The van der Waals surface area contributed by atoms with Crippen LogP contribution in [0.5, 0.6) is 5.88 Å². The Morgan fingerprint density at radius 3 is 2.52 bits per heavy atom. The molecule has 0 unspecified atom stereocenters. The minimum Gasteiger partial charge on any atom is -0.478 e. The molecule has 138 valence electrons. The molecule has 0 aliphatic carbocycles. The number of nitrogens with one attached hydrogen (secondary N) is 1. The highest BCUT2D eigenvalue weighted by molar-refractivity contribution is 6.04. The molecule has 2 aromatic carbocycles. The molecule has 0 atom stereocenters. The van der Waals surface area contributed by atoms with Crippen molar-refractivity contribution in [2.75, 3.05) is 30.4 Å². The van der Waals surface area contributed by atoms with Crippen molar-refractivity contribution in [3.8, 4) is 5.88 Å². The van der Waals surface area contributed by atoms with Crippen molar-refractivity contribution in [2.24, 2.45) is 0 Å². The second kappa shape index (κ2) is 7.61. The molecule has 4 rings (SSSR count). The van der Waals surface area contributed by atoms with Crippen LogP contribution >= 0.6 is 0 Å². The monoisotopic (exact) mass is 362 g/mol. The first-order valence-electron chi connectivity index (χ1n) is 9.22. The van der Waals surface area contributed by atoms with Gasteiger partial charge in [-0.05, 0) is 49.6 Å². The fourth-order valence-corrected chi connectivity index (χ4v) is 3.35. The molecular formula is C21H22N4O2. The van der Waals surface area contributed by atoms with Crippen LogP contribution < -0.4 is 15.0 Å². The number of piperidine rings is 1. The van der Waals surface area contributed by atoms with Crippen LogP contribution in [-0.2, 0) is 0 Å². The number of amides is 1. The highest BCUT2D eigenvalue weighted by Gasteiger charge is 2.19. The number of methoxy groups -OCH3 is 1. The van der Waals surface area contributed by atoms with Gasteiger partial charge in [0.05, 0.1) is 18.1 Å². The minimum atomic E-state index is -0.146. The van der Waals surface area contributed by atoms with E-state index in [0.29, 0.717) is 17.1 Å². The Hall–Kier alpha value is -3.15. The third-order valence-electron chi connectivity index (χ3n) is 4.76. The molecule has 1 aliphatic rings. The first-order chi connectivity index (χ1) is 13.2. The minimum absolute atomic E-state index is 0.146. The van der Waals surface area contributed by atoms with E-state index in [1.807, 2.05) is 36.4 Å². The van der Waals surface area contributed by atoms with E-state index in [9.17, 15) is 4.79 Å². The summed E-state index contributed by atoms with van der Waals surface area (Å²) in [5.41, 5.74) is 2.79. The van der Waals surface area contributed by atoms with Crippen LogP contribution in [0.4, 0.5) is 11.5 Å². The van der Waals surface area contributed by atoms with Gasteiger partial charge in [0.25, 0.3) is 11.8 Å². The largest absolute Gasteiger partial charge is 0.478 e. The van der Waals surface area contributed by atoms with E-state index < -0.39 is 0 Å². The lowest BCUT2D eigenvalue weighted by Gasteiger charge is -2.28. The summed E-state index contributed by atoms with van der Waals surface area (Å²) in [6, 6.07) is 14.7. The molecule has 1 N–H and O–H groups in total. The van der Waals surface area contributed by atoms with E-state index in [1.54, 1.807) is 19.2 Å². The van der Waals surface area contributed by atoms with E-state index in [2.05, 4.69) is 15.2 Å². The quantitative estimate of drug-likeness (QED) is 0.763. The van der Waals surface area contributed by atoms with Crippen LogP contribution in [0.1, 0.15) is 29.6 Å². The summed E-state index contributed by atoms with van der Waals surface area (Å²) >= 11 is 0. The maximum atomic E-state index is 12.4. The zero-order chi connectivity index (χ0) is 18.6. The smallest absolute Gasteiger partial charge is 0.257 e. The van der Waals surface area contributed by atoms with Gasteiger partial charge in [-0.25, -0.2) is 9.97 Å². The van der Waals surface area contributed by atoms with E-state index in [4.69, 9.17) is 9.72 Å². The lowest BCUT2D eigenvalue weighted by Crippen LogP contribution is -2.30. The van der Waals surface area contributed by atoms with Gasteiger partial charge in [-0.15, -0.1) is 0 Å². The molecular weight excluding hydrogens is 340 g/mol. The SMILES string of the molecule is COc1nc2ccc(NC(=O)c3ccccc3)cc2nc1N1CCCCC1. The Kier molecular flexibility index (Phi) is 4.87. The van der Waals surface area contributed by atoms with Crippen LogP contribution in [-0.4, -0.2) is 36.1 Å². The number of anilines is 2. The predicted octanol–water partition coefficient (Wildman–Crippen LogP) is 3.88. The Bertz CT molecular complexity index is 953. The first-order valence-corrected chi connectivity index (χ1v) is 9.22. The van der Waals surface area contributed by atoms with Crippen molar-refractivity contribution >= 4 is 28.4 Å². The molecule has 1 aromatic heterocycles. The van der Waals surface area contributed by atoms with Crippen molar-refractivity contribution in [3.05, 3.63) is 54.1 Å². The van der Waals surface area contributed by atoms with Gasteiger partial charge in [-0.2, -0.15) is 0 Å². The topological polar surface area (TPSA) is 67.3 Å². The third kappa shape index (κ3) is 3.69. The number of benzene rings is 2. The molecule has 27 heavy (non-hydrogen) atoms. The number of ether oxygens (including phenoxy) is 1. The molecule has 0 radical (unpaired) electrons. The summed E-state index contributed by atoms with van der Waals surface area (Å²) in [7, 11) is 1.62. The normalized spacial score (nSPS) is 14.2. The number of carbonyl (C=O) groups is 1. The van der Waals surface area contributed by atoms with Crippen LogP contribution in [0.25, 0.3) is 11.0 Å². The van der Waals surface area contributed by atoms with E-state index >= 15 is 0 Å². The molecule has 6 nitrogen and oxygen atoms in total. The molecule has 3 aromatic rings. The predicted molar refractivity (Wildman–Crippen MR) is 107 cm³/mol. The Morgan fingerprint density at radius 1 is 1.00 bits per heavy atom. The summed E-state index contributed by atoms with van der Waals surface area (Å²) in [6.07, 6.45) is 3.54. The fourth-order valence-electron chi connectivity index (χ4n) is 3.35. The average Bonchev–Trinajstić information content (AvgIpc) is 2.74. The third-order valence-corrected chi connectivity index (χ3v) is 4.76. The van der Waals surface area contributed by atoms with Gasteiger partial charge >= 0.3 is 0 Å². The van der Waals surface area contributed by atoms with E-state index in [0.717, 1.165) is 42.8 Å². The van der Waals surface area contributed by atoms with Crippen LogP contribution in [0.3, 0.4) is 0 Å². The molecule has 1 fully saturated rings. The lowest BCUT2D eigenvalue weighted by atomic mass is 10.1. The Balaban J connectivity index is 1.65. The molecule has 1 aliphatic heterocycles. The number of rotatable bonds is 4. The van der Waals surface area contributed by atoms with Gasteiger partial charge in [0.15, 0.2) is 5.82 Å². The average molecular weight is 362 g/mol. The molecule has 1 saturated heterocycles. The second-order valence-corrected chi connectivity index (χ2v) is 6.63. The van der Waals surface area contributed by atoms with Crippen molar-refractivity contribution in [3.63, 3.8) is 0 Å². The summed E-state index contributed by atoms with van der Waals surface area (Å²) in [6.45, 7) is 1.92. The van der Waals surface area contributed by atoms with Crippen LogP contribution in [0, 0.1) is 0 Å². The zero-order valence-corrected chi connectivity index (χ0v) is 15.3. The van der Waals surface area contributed by atoms with Gasteiger partial charge in [0.1, 0.15) is 0 Å². The number of hydrogen-bond donors (Lipinski definition) is 1. The van der Waals surface area contributed by atoms with Crippen LogP contribution in [0.15, 0.2) is 48.5 Å². The summed E-state index contributed by atoms with van der Waals surface area (Å²) in [5, 5.41) is 2.93. The summed E-state index contributed by atoms with van der Waals surface area (Å²) in [4.78, 5) is 24.0. The van der Waals surface area contributed by atoms with Crippen molar-refractivity contribution in [1.82, 2.24) is 9.97 Å². The number of nitrogens with zero attached hydrogens (tertiary/aromatic N) is 3. The standard InChI is InChI=1S/C21H22N4O2/c1-27-21-19(25-12-6-3-7-13-25)23-18-14-16(10-11-17(18)24-21)22-20(26)15-8-4-2-5-9-15/h2,4-5,8-11,14H,3,6-7,12-13H2,1H3,(H,22,26).